The molecule has 0 saturated heterocycles. The minimum Gasteiger partial charge on any atom is -0.781 e. The minimum absolute atomic E-state index is 0. The van der Waals surface area contributed by atoms with Crippen LogP contribution in [-0.4, -0.2) is 19.8 Å². The van der Waals surface area contributed by atoms with Gasteiger partial charge in [0.2, 0.25) is 0 Å². The van der Waals surface area contributed by atoms with E-state index in [1.54, 1.807) is 0 Å². The van der Waals surface area contributed by atoms with Crippen LogP contribution in [0.4, 0.5) is 0 Å². The Morgan fingerprint density at radius 1 is 0.484 bits per heavy atom. The zero-order valence-corrected chi connectivity index (χ0v) is 25.5. The fourth-order valence-electron chi connectivity index (χ4n) is 2.05. The smallest absolute Gasteiger partial charge is 0.781 e. The molecule has 0 aromatic carbocycles. The molecule has 9 nitrogen and oxygen atoms in total. The molecule has 0 spiro atoms. The topological polar surface area (TPSA) is 148 Å². The molecule has 1 radical (unpaired) electrons. The second-order valence-corrected chi connectivity index (χ2v) is 8.84. The predicted octanol–water partition coefficient (Wildman–Crippen LogP) is 4.00. The van der Waals surface area contributed by atoms with Crippen molar-refractivity contribution >= 4 is 24.8 Å². The summed E-state index contributed by atoms with van der Waals surface area (Å²) in [4.78, 5) is 29.7. The predicted molar refractivity (Wildman–Crippen MR) is 117 cm³/mol. The molecule has 0 rings (SSSR count). The summed E-state index contributed by atoms with van der Waals surface area (Å²) in [5.74, 6) is 0. The standard InChI is InChI=1S/3C6H15O3P.Nd/c3*1-2-3-4-5-6-9-10(7)8;/h3*10H,2-6H2,1H3,(H,7,8);/q;;;+3/p-3. The van der Waals surface area contributed by atoms with E-state index in [1.165, 1.54) is 0 Å². The Labute approximate surface area is 223 Å². The maximum absolute atomic E-state index is 9.88. The van der Waals surface area contributed by atoms with Gasteiger partial charge in [0.25, 0.3) is 0 Å². The van der Waals surface area contributed by atoms with E-state index >= 15 is 0 Å². The van der Waals surface area contributed by atoms with Gasteiger partial charge in [0.1, 0.15) is 24.8 Å². The fraction of sp³-hybridized carbons (Fsp3) is 1.00. The van der Waals surface area contributed by atoms with Crippen molar-refractivity contribution in [1.82, 2.24) is 0 Å². The summed E-state index contributed by atoms with van der Waals surface area (Å²) < 4.78 is 42.8. The van der Waals surface area contributed by atoms with Gasteiger partial charge in [-0.25, -0.2) is 0 Å². The van der Waals surface area contributed by atoms with Crippen LogP contribution < -0.4 is 14.7 Å². The first-order valence-corrected chi connectivity index (χ1v) is 14.5. The van der Waals surface area contributed by atoms with Crippen LogP contribution in [0, 0.1) is 40.8 Å². The molecular weight excluding hydrogens is 597 g/mol. The molecule has 3 atom stereocenters. The Bertz CT molecular complexity index is 348. The third-order valence-electron chi connectivity index (χ3n) is 3.65. The van der Waals surface area contributed by atoms with Crippen LogP contribution in [0.5, 0.6) is 0 Å². The average molecular weight is 640 g/mol. The third kappa shape index (κ3) is 54.3. The van der Waals surface area contributed by atoms with Crippen molar-refractivity contribution in [3.63, 3.8) is 0 Å². The van der Waals surface area contributed by atoms with Gasteiger partial charge in [-0.2, -0.15) is 0 Å². The summed E-state index contributed by atoms with van der Waals surface area (Å²) in [5.41, 5.74) is 0. The second-order valence-electron chi connectivity index (χ2n) is 6.48. The van der Waals surface area contributed by atoms with Crippen LogP contribution in [0.15, 0.2) is 0 Å². The molecule has 0 aliphatic heterocycles. The van der Waals surface area contributed by atoms with Crippen molar-refractivity contribution in [3.8, 4) is 0 Å². The molecule has 0 aromatic rings. The van der Waals surface area contributed by atoms with Gasteiger partial charge >= 0.3 is 40.8 Å². The van der Waals surface area contributed by atoms with Gasteiger partial charge in [-0.3, -0.25) is 0 Å². The van der Waals surface area contributed by atoms with E-state index in [4.69, 9.17) is 0 Å². The Kier molecular flexibility index (Phi) is 46.9. The van der Waals surface area contributed by atoms with Crippen molar-refractivity contribution in [1.29, 1.82) is 0 Å². The number of unbranched alkanes of at least 4 members (excludes halogenated alkanes) is 9. The van der Waals surface area contributed by atoms with E-state index in [1.807, 2.05) is 0 Å². The van der Waals surface area contributed by atoms with Crippen LogP contribution in [-0.2, 0) is 27.3 Å². The van der Waals surface area contributed by atoms with Crippen LogP contribution in [0.2, 0.25) is 0 Å². The van der Waals surface area contributed by atoms with Crippen molar-refractivity contribution in [2.75, 3.05) is 19.8 Å². The molecule has 0 fully saturated rings. The molecular formula is C18H42NdO9P3. The molecule has 0 saturated carbocycles. The Balaban J connectivity index is -0.000000174. The van der Waals surface area contributed by atoms with Gasteiger partial charge in [-0.1, -0.05) is 78.6 Å². The largest absolute Gasteiger partial charge is 3.00 e. The molecule has 0 aromatic heterocycles. The summed E-state index contributed by atoms with van der Waals surface area (Å²) in [6, 6.07) is 0. The van der Waals surface area contributed by atoms with E-state index in [0.717, 1.165) is 77.0 Å². The zero-order chi connectivity index (χ0) is 23.5. The SMILES string of the molecule is CCCCCCO[PH](=O)[O-].CCCCCCO[PH](=O)[O-].CCCCCCO[PH](=O)[O-].[Nd+3]. The molecule has 3 unspecified atom stereocenters. The van der Waals surface area contributed by atoms with E-state index in [0.29, 0.717) is 19.8 Å². The summed E-state index contributed by atoms with van der Waals surface area (Å²) in [7, 11) is -8.77. The molecule has 0 amide bonds. The molecule has 0 bridgehead atoms. The zero-order valence-electron chi connectivity index (χ0n) is 19.3. The van der Waals surface area contributed by atoms with Gasteiger partial charge in [-0.15, -0.1) is 0 Å². The summed E-state index contributed by atoms with van der Waals surface area (Å²) >= 11 is 0. The number of hydrogen-bond acceptors (Lipinski definition) is 9. The number of rotatable bonds is 18. The molecule has 187 valence electrons. The first-order valence-electron chi connectivity index (χ1n) is 10.8. The van der Waals surface area contributed by atoms with Gasteiger partial charge < -0.3 is 41.9 Å². The second kappa shape index (κ2) is 36.4. The normalized spacial score (nSPS) is 13.0. The summed E-state index contributed by atoms with van der Waals surface area (Å²) in [6.07, 6.45) is 12.7. The molecule has 0 aliphatic carbocycles. The van der Waals surface area contributed by atoms with Crippen LogP contribution in [0.3, 0.4) is 0 Å². The first kappa shape index (κ1) is 40.0. The van der Waals surface area contributed by atoms with E-state index in [2.05, 4.69) is 34.3 Å². The number of hydrogen-bond donors (Lipinski definition) is 0. The van der Waals surface area contributed by atoms with Crippen LogP contribution in [0.1, 0.15) is 97.8 Å². The third-order valence-corrected chi connectivity index (χ3v) is 4.97. The summed E-state index contributed by atoms with van der Waals surface area (Å²) in [6.45, 7) is 7.41. The van der Waals surface area contributed by atoms with Gasteiger partial charge in [0.05, 0.1) is 19.8 Å². The van der Waals surface area contributed by atoms with Crippen LogP contribution in [0.25, 0.3) is 0 Å². The van der Waals surface area contributed by atoms with E-state index < -0.39 is 24.8 Å². The van der Waals surface area contributed by atoms with Crippen molar-refractivity contribution in [2.24, 2.45) is 0 Å². The van der Waals surface area contributed by atoms with Gasteiger partial charge in [0, 0.05) is 0 Å². The molecule has 0 N–H and O–H groups in total. The van der Waals surface area contributed by atoms with Gasteiger partial charge in [0.15, 0.2) is 0 Å². The maximum Gasteiger partial charge on any atom is 3.00 e. The Hall–Kier alpha value is 1.80. The van der Waals surface area contributed by atoms with Crippen molar-refractivity contribution in [2.45, 2.75) is 97.8 Å². The molecule has 13 heteroatoms. The van der Waals surface area contributed by atoms with Crippen molar-refractivity contribution in [3.05, 3.63) is 0 Å². The first-order chi connectivity index (χ1) is 14.3. The van der Waals surface area contributed by atoms with Gasteiger partial charge in [-0.05, 0) is 19.3 Å². The summed E-state index contributed by atoms with van der Waals surface area (Å²) in [5, 5.41) is 0. The molecule has 0 heterocycles. The van der Waals surface area contributed by atoms with E-state index in [-0.39, 0.29) is 40.8 Å². The minimum atomic E-state index is -2.92. The van der Waals surface area contributed by atoms with E-state index in [9.17, 15) is 28.4 Å². The average Bonchev–Trinajstić information content (AvgIpc) is 2.68. The molecule has 0 aliphatic rings. The van der Waals surface area contributed by atoms with Crippen LogP contribution >= 0.6 is 24.8 Å². The van der Waals surface area contributed by atoms with Crippen molar-refractivity contribution < 1.29 is 82.8 Å². The monoisotopic (exact) mass is 637 g/mol. The molecule has 31 heavy (non-hydrogen) atoms. The fourth-order valence-corrected chi connectivity index (χ4v) is 2.99. The maximum atomic E-state index is 9.88. The quantitative estimate of drug-likeness (QED) is 0.160. The Morgan fingerprint density at radius 2 is 0.710 bits per heavy atom. The Morgan fingerprint density at radius 3 is 0.871 bits per heavy atom.